The molecule has 138 valence electrons. The Morgan fingerprint density at radius 1 is 1.17 bits per heavy atom. The van der Waals surface area contributed by atoms with Gasteiger partial charge in [-0.3, -0.25) is 9.79 Å². The van der Waals surface area contributed by atoms with Crippen LogP contribution >= 0.6 is 24.0 Å². The Kier molecular flexibility index (Phi) is 7.62. The lowest BCUT2D eigenvalue weighted by molar-refractivity contribution is -0.129. The van der Waals surface area contributed by atoms with Crippen LogP contribution in [0.2, 0.25) is 0 Å². The van der Waals surface area contributed by atoms with E-state index < -0.39 is 0 Å². The molecule has 0 aromatic carbocycles. The van der Waals surface area contributed by atoms with Gasteiger partial charge in [0.25, 0.3) is 0 Å². The number of guanidine groups is 1. The van der Waals surface area contributed by atoms with Crippen LogP contribution < -0.4 is 10.6 Å². The van der Waals surface area contributed by atoms with Crippen LogP contribution in [0, 0.1) is 11.8 Å². The van der Waals surface area contributed by atoms with Crippen molar-refractivity contribution < 1.29 is 4.79 Å². The number of carbonyl (C=O) groups excluding carboxylic acids is 1. The van der Waals surface area contributed by atoms with Crippen molar-refractivity contribution in [3.8, 4) is 0 Å². The second kappa shape index (κ2) is 9.25. The lowest BCUT2D eigenvalue weighted by Gasteiger charge is -2.22. The van der Waals surface area contributed by atoms with Crippen molar-refractivity contribution in [1.82, 2.24) is 15.5 Å². The molecule has 24 heavy (non-hydrogen) atoms. The molecule has 3 unspecified atom stereocenters. The van der Waals surface area contributed by atoms with E-state index >= 15 is 0 Å². The minimum Gasteiger partial charge on any atom is -0.353 e. The number of amides is 1. The molecule has 2 N–H and O–H groups in total. The van der Waals surface area contributed by atoms with Crippen LogP contribution in [0.15, 0.2) is 4.99 Å². The Balaban J connectivity index is 0.00000208. The zero-order chi connectivity index (χ0) is 16.2. The van der Waals surface area contributed by atoms with E-state index in [1.165, 1.54) is 38.5 Å². The van der Waals surface area contributed by atoms with Crippen LogP contribution in [0.4, 0.5) is 0 Å². The van der Waals surface area contributed by atoms with Gasteiger partial charge in [-0.05, 0) is 24.7 Å². The van der Waals surface area contributed by atoms with Crippen molar-refractivity contribution in [3.05, 3.63) is 0 Å². The normalized spacial score (nSPS) is 30.7. The second-order valence-electron chi connectivity index (χ2n) is 7.44. The number of halogens is 1. The molecule has 0 bridgehead atoms. The monoisotopic (exact) mass is 448 g/mol. The maximum absolute atomic E-state index is 11.8. The van der Waals surface area contributed by atoms with Crippen molar-refractivity contribution in [1.29, 1.82) is 0 Å². The van der Waals surface area contributed by atoms with Gasteiger partial charge in [-0.2, -0.15) is 0 Å². The quantitative estimate of drug-likeness (QED) is 0.395. The molecule has 2 saturated carbocycles. The maximum atomic E-state index is 11.8. The number of rotatable bonds is 4. The molecule has 5 nitrogen and oxygen atoms in total. The van der Waals surface area contributed by atoms with Crippen molar-refractivity contribution in [2.75, 3.05) is 20.1 Å². The van der Waals surface area contributed by atoms with E-state index in [0.717, 1.165) is 37.3 Å². The fraction of sp³-hybridized carbons (Fsp3) is 0.889. The Morgan fingerprint density at radius 3 is 2.58 bits per heavy atom. The predicted molar refractivity (Wildman–Crippen MR) is 109 cm³/mol. The molecule has 0 spiro atoms. The first-order valence-electron chi connectivity index (χ1n) is 9.49. The standard InChI is InChI=1S/C18H32N4O.HI/c1-3-17(23)22-10-9-14(12-22)20-18(19-2)21-16-11-15(16)13-7-5-4-6-8-13;/h13-16H,3-12H2,1-2H3,(H2,19,20,21);1H. The Hall–Kier alpha value is -0.530. The molecule has 2 aliphatic carbocycles. The third-order valence-corrected chi connectivity index (χ3v) is 5.83. The Bertz CT molecular complexity index is 450. The average Bonchev–Trinajstić information content (AvgIpc) is 3.21. The highest BCUT2D eigenvalue weighted by atomic mass is 127. The fourth-order valence-electron chi connectivity index (χ4n) is 4.33. The molecule has 3 fully saturated rings. The molecule has 1 amide bonds. The Labute approximate surface area is 163 Å². The molecule has 0 aromatic heterocycles. The van der Waals surface area contributed by atoms with E-state index in [4.69, 9.17) is 0 Å². The lowest BCUT2D eigenvalue weighted by Crippen LogP contribution is -2.46. The van der Waals surface area contributed by atoms with E-state index in [-0.39, 0.29) is 29.9 Å². The third-order valence-electron chi connectivity index (χ3n) is 5.83. The van der Waals surface area contributed by atoms with E-state index in [9.17, 15) is 4.79 Å². The molecular formula is C18H33IN4O. The Morgan fingerprint density at radius 2 is 1.92 bits per heavy atom. The minimum atomic E-state index is 0. The molecule has 3 atom stereocenters. The highest BCUT2D eigenvalue weighted by molar-refractivity contribution is 14.0. The third kappa shape index (κ3) is 4.99. The average molecular weight is 448 g/mol. The zero-order valence-electron chi connectivity index (χ0n) is 15.1. The summed E-state index contributed by atoms with van der Waals surface area (Å²) in [5.74, 6) is 2.97. The number of hydrogen-bond acceptors (Lipinski definition) is 2. The molecule has 3 aliphatic rings. The molecule has 0 aromatic rings. The summed E-state index contributed by atoms with van der Waals surface area (Å²) in [7, 11) is 1.84. The first kappa shape index (κ1) is 19.8. The van der Waals surface area contributed by atoms with Crippen LogP contribution in [0.5, 0.6) is 0 Å². The van der Waals surface area contributed by atoms with E-state index in [2.05, 4.69) is 15.6 Å². The summed E-state index contributed by atoms with van der Waals surface area (Å²) in [5, 5.41) is 7.12. The van der Waals surface area contributed by atoms with Crippen LogP contribution in [-0.2, 0) is 4.79 Å². The summed E-state index contributed by atoms with van der Waals surface area (Å²) in [6, 6.07) is 0.947. The smallest absolute Gasteiger partial charge is 0.222 e. The first-order valence-corrected chi connectivity index (χ1v) is 9.49. The van der Waals surface area contributed by atoms with Gasteiger partial charge in [0.2, 0.25) is 5.91 Å². The molecule has 1 aliphatic heterocycles. The van der Waals surface area contributed by atoms with Gasteiger partial charge in [0.05, 0.1) is 0 Å². The number of hydrogen-bond donors (Lipinski definition) is 2. The van der Waals surface area contributed by atoms with Gasteiger partial charge in [-0.25, -0.2) is 0 Å². The minimum absolute atomic E-state index is 0. The van der Waals surface area contributed by atoms with Gasteiger partial charge in [0.15, 0.2) is 5.96 Å². The van der Waals surface area contributed by atoms with Gasteiger partial charge in [-0.1, -0.05) is 39.0 Å². The molecular weight excluding hydrogens is 415 g/mol. The van der Waals surface area contributed by atoms with E-state index in [1.54, 1.807) is 0 Å². The van der Waals surface area contributed by atoms with Gasteiger partial charge in [-0.15, -0.1) is 24.0 Å². The highest BCUT2D eigenvalue weighted by Gasteiger charge is 2.43. The molecule has 1 saturated heterocycles. The lowest BCUT2D eigenvalue weighted by atomic mass is 9.85. The van der Waals surface area contributed by atoms with Crippen molar-refractivity contribution in [2.24, 2.45) is 16.8 Å². The van der Waals surface area contributed by atoms with Crippen molar-refractivity contribution in [3.63, 3.8) is 0 Å². The molecule has 3 rings (SSSR count). The number of aliphatic imine (C=N–C) groups is 1. The SMILES string of the molecule is CCC(=O)N1CCC(NC(=NC)NC2CC2C2CCCCC2)C1.I. The zero-order valence-corrected chi connectivity index (χ0v) is 17.4. The maximum Gasteiger partial charge on any atom is 0.222 e. The van der Waals surface area contributed by atoms with Gasteiger partial charge in [0, 0.05) is 38.6 Å². The van der Waals surface area contributed by atoms with Crippen LogP contribution in [0.25, 0.3) is 0 Å². The van der Waals surface area contributed by atoms with E-state index in [1.807, 2.05) is 18.9 Å². The topological polar surface area (TPSA) is 56.7 Å². The van der Waals surface area contributed by atoms with Gasteiger partial charge in [0.1, 0.15) is 0 Å². The number of carbonyl (C=O) groups is 1. The first-order chi connectivity index (χ1) is 11.2. The largest absolute Gasteiger partial charge is 0.353 e. The summed E-state index contributed by atoms with van der Waals surface area (Å²) in [5.41, 5.74) is 0. The van der Waals surface area contributed by atoms with Crippen LogP contribution in [0.3, 0.4) is 0 Å². The molecule has 6 heteroatoms. The summed E-state index contributed by atoms with van der Waals surface area (Å²) < 4.78 is 0. The summed E-state index contributed by atoms with van der Waals surface area (Å²) in [6.07, 6.45) is 10.0. The second-order valence-corrected chi connectivity index (χ2v) is 7.44. The number of nitrogens with zero attached hydrogens (tertiary/aromatic N) is 2. The summed E-state index contributed by atoms with van der Waals surface area (Å²) in [4.78, 5) is 18.1. The predicted octanol–water partition coefficient (Wildman–Crippen LogP) is 2.75. The number of likely N-dealkylation sites (tertiary alicyclic amines) is 1. The van der Waals surface area contributed by atoms with Crippen LogP contribution in [-0.4, -0.2) is 49.0 Å². The highest BCUT2D eigenvalue weighted by Crippen LogP contribution is 2.44. The van der Waals surface area contributed by atoms with Crippen molar-refractivity contribution in [2.45, 2.75) is 70.4 Å². The number of nitrogens with one attached hydrogen (secondary N) is 2. The summed E-state index contributed by atoms with van der Waals surface area (Å²) >= 11 is 0. The van der Waals surface area contributed by atoms with Gasteiger partial charge < -0.3 is 15.5 Å². The molecule has 1 heterocycles. The van der Waals surface area contributed by atoms with Crippen molar-refractivity contribution >= 4 is 35.8 Å². The fourth-order valence-corrected chi connectivity index (χ4v) is 4.33. The van der Waals surface area contributed by atoms with Gasteiger partial charge >= 0.3 is 0 Å². The summed E-state index contributed by atoms with van der Waals surface area (Å²) in [6.45, 7) is 3.61. The van der Waals surface area contributed by atoms with E-state index in [0.29, 0.717) is 18.5 Å². The molecule has 0 radical (unpaired) electrons. The van der Waals surface area contributed by atoms with Crippen LogP contribution in [0.1, 0.15) is 58.3 Å².